The topological polar surface area (TPSA) is 24.9 Å². The van der Waals surface area contributed by atoms with Gasteiger partial charge in [-0.3, -0.25) is 0 Å². The van der Waals surface area contributed by atoms with E-state index in [1.54, 1.807) is 0 Å². The van der Waals surface area contributed by atoms with Crippen molar-refractivity contribution in [2.24, 2.45) is 11.8 Å². The van der Waals surface area contributed by atoms with Crippen molar-refractivity contribution >= 4 is 11.3 Å². The summed E-state index contributed by atoms with van der Waals surface area (Å²) in [6.45, 7) is 15.5. The summed E-state index contributed by atoms with van der Waals surface area (Å²) in [7, 11) is 0. The third-order valence-electron chi connectivity index (χ3n) is 3.10. The first-order valence-electron chi connectivity index (χ1n) is 6.46. The molecule has 0 aliphatic heterocycles. The van der Waals surface area contributed by atoms with Gasteiger partial charge in [0.2, 0.25) is 0 Å². The van der Waals surface area contributed by atoms with E-state index in [1.165, 1.54) is 9.88 Å². The molecule has 98 valence electrons. The van der Waals surface area contributed by atoms with E-state index < -0.39 is 0 Å². The predicted octanol–water partition coefficient (Wildman–Crippen LogP) is 3.82. The van der Waals surface area contributed by atoms with E-state index in [1.807, 2.05) is 17.5 Å². The molecule has 2 nitrogen and oxygen atoms in total. The van der Waals surface area contributed by atoms with Crippen LogP contribution in [0.4, 0.5) is 0 Å². The Morgan fingerprint density at radius 2 is 1.94 bits per heavy atom. The summed E-state index contributed by atoms with van der Waals surface area (Å²) in [6, 6.07) is 0. The molecule has 0 aliphatic rings. The lowest BCUT2D eigenvalue weighted by Crippen LogP contribution is -2.23. The second-order valence-corrected chi connectivity index (χ2v) is 7.35. The van der Waals surface area contributed by atoms with E-state index in [0.717, 1.165) is 24.9 Å². The second kappa shape index (κ2) is 5.96. The summed E-state index contributed by atoms with van der Waals surface area (Å²) in [5, 5.41) is 4.75. The minimum Gasteiger partial charge on any atom is -0.312 e. The minimum atomic E-state index is 0.175. The van der Waals surface area contributed by atoms with Crippen molar-refractivity contribution in [2.45, 2.75) is 53.5 Å². The molecule has 1 atom stereocenters. The third-order valence-corrected chi connectivity index (χ3v) is 4.52. The second-order valence-electron chi connectivity index (χ2n) is 6.23. The van der Waals surface area contributed by atoms with Crippen LogP contribution in [-0.2, 0) is 12.0 Å². The lowest BCUT2D eigenvalue weighted by Gasteiger charge is -2.15. The highest BCUT2D eigenvalue weighted by atomic mass is 32.1. The van der Waals surface area contributed by atoms with E-state index in [4.69, 9.17) is 0 Å². The summed E-state index contributed by atoms with van der Waals surface area (Å²) >= 11 is 1.83. The van der Waals surface area contributed by atoms with Gasteiger partial charge in [-0.25, -0.2) is 4.98 Å². The van der Waals surface area contributed by atoms with E-state index in [-0.39, 0.29) is 5.41 Å². The maximum atomic E-state index is 4.50. The van der Waals surface area contributed by atoms with E-state index in [0.29, 0.717) is 0 Å². The van der Waals surface area contributed by atoms with Crippen molar-refractivity contribution in [3.63, 3.8) is 0 Å². The van der Waals surface area contributed by atoms with Crippen molar-refractivity contribution < 1.29 is 0 Å². The first-order chi connectivity index (χ1) is 7.80. The highest BCUT2D eigenvalue weighted by Crippen LogP contribution is 2.26. The molecule has 1 aromatic rings. The number of rotatable bonds is 5. The zero-order chi connectivity index (χ0) is 13.1. The maximum absolute atomic E-state index is 4.50. The van der Waals surface area contributed by atoms with E-state index in [2.05, 4.69) is 51.8 Å². The van der Waals surface area contributed by atoms with Crippen LogP contribution in [0.3, 0.4) is 0 Å². The monoisotopic (exact) mass is 254 g/mol. The number of hydrogen-bond donors (Lipinski definition) is 1. The van der Waals surface area contributed by atoms with Gasteiger partial charge in [0.15, 0.2) is 0 Å². The fourth-order valence-corrected chi connectivity index (χ4v) is 2.33. The standard InChI is InChI=1S/C14H26N2S/c1-10(2)11(3)7-15-8-12-9-16-13(17-12)14(4,5)6/h9-11,15H,7-8H2,1-6H3. The lowest BCUT2D eigenvalue weighted by molar-refractivity contribution is 0.393. The van der Waals surface area contributed by atoms with Gasteiger partial charge in [0, 0.05) is 23.0 Å². The van der Waals surface area contributed by atoms with Crippen LogP contribution in [0.15, 0.2) is 6.20 Å². The molecule has 0 aliphatic carbocycles. The van der Waals surface area contributed by atoms with E-state index in [9.17, 15) is 0 Å². The van der Waals surface area contributed by atoms with Crippen LogP contribution in [0.25, 0.3) is 0 Å². The maximum Gasteiger partial charge on any atom is 0.0981 e. The fraction of sp³-hybridized carbons (Fsp3) is 0.786. The van der Waals surface area contributed by atoms with Crippen LogP contribution in [0, 0.1) is 11.8 Å². The van der Waals surface area contributed by atoms with Crippen molar-refractivity contribution in [3.8, 4) is 0 Å². The highest BCUT2D eigenvalue weighted by molar-refractivity contribution is 7.11. The van der Waals surface area contributed by atoms with Gasteiger partial charge in [-0.15, -0.1) is 11.3 Å². The Kier molecular flexibility index (Phi) is 5.14. The van der Waals surface area contributed by atoms with Gasteiger partial charge in [-0.2, -0.15) is 0 Å². The van der Waals surface area contributed by atoms with Gasteiger partial charge in [-0.05, 0) is 18.4 Å². The Hall–Kier alpha value is -0.410. The predicted molar refractivity (Wildman–Crippen MR) is 76.5 cm³/mol. The first kappa shape index (κ1) is 14.7. The number of nitrogens with one attached hydrogen (secondary N) is 1. The Labute approximate surface area is 110 Å². The highest BCUT2D eigenvalue weighted by Gasteiger charge is 2.17. The third kappa shape index (κ3) is 4.76. The SMILES string of the molecule is CC(C)C(C)CNCc1cnc(C(C)(C)C)s1. The van der Waals surface area contributed by atoms with Gasteiger partial charge in [0.25, 0.3) is 0 Å². The minimum absolute atomic E-state index is 0.175. The van der Waals surface area contributed by atoms with E-state index >= 15 is 0 Å². The van der Waals surface area contributed by atoms with Crippen molar-refractivity contribution in [2.75, 3.05) is 6.54 Å². The average molecular weight is 254 g/mol. The smallest absolute Gasteiger partial charge is 0.0981 e. The van der Waals surface area contributed by atoms with Crippen LogP contribution < -0.4 is 5.32 Å². The molecular weight excluding hydrogens is 228 g/mol. The molecule has 0 bridgehead atoms. The molecule has 17 heavy (non-hydrogen) atoms. The summed E-state index contributed by atoms with van der Waals surface area (Å²) in [5.74, 6) is 1.47. The molecule has 1 unspecified atom stereocenters. The molecule has 1 rings (SSSR count). The Bertz CT molecular complexity index is 336. The van der Waals surface area contributed by atoms with Gasteiger partial charge in [-0.1, -0.05) is 41.5 Å². The number of thiazole rings is 1. The van der Waals surface area contributed by atoms with Gasteiger partial charge < -0.3 is 5.32 Å². The Morgan fingerprint density at radius 1 is 1.29 bits per heavy atom. The average Bonchev–Trinajstić information content (AvgIpc) is 2.65. The molecule has 1 aromatic heterocycles. The Morgan fingerprint density at radius 3 is 2.41 bits per heavy atom. The van der Waals surface area contributed by atoms with Gasteiger partial charge in [0.05, 0.1) is 5.01 Å². The van der Waals surface area contributed by atoms with Crippen LogP contribution in [-0.4, -0.2) is 11.5 Å². The normalized spacial score (nSPS) is 14.3. The molecule has 0 saturated heterocycles. The van der Waals surface area contributed by atoms with Crippen LogP contribution in [0.5, 0.6) is 0 Å². The van der Waals surface area contributed by atoms with Crippen molar-refractivity contribution in [1.82, 2.24) is 10.3 Å². The summed E-state index contributed by atoms with van der Waals surface area (Å²) < 4.78 is 0. The molecule has 0 aromatic carbocycles. The molecular formula is C14H26N2S. The summed E-state index contributed by atoms with van der Waals surface area (Å²) in [4.78, 5) is 5.84. The van der Waals surface area contributed by atoms with Gasteiger partial charge >= 0.3 is 0 Å². The molecule has 0 amide bonds. The molecule has 1 heterocycles. The molecule has 0 radical (unpaired) electrons. The summed E-state index contributed by atoms with van der Waals surface area (Å²) in [6.07, 6.45) is 2.01. The number of nitrogens with zero attached hydrogens (tertiary/aromatic N) is 1. The van der Waals surface area contributed by atoms with Crippen molar-refractivity contribution in [1.29, 1.82) is 0 Å². The molecule has 3 heteroatoms. The Balaban J connectivity index is 2.41. The zero-order valence-corrected chi connectivity index (χ0v) is 12.8. The number of aromatic nitrogens is 1. The van der Waals surface area contributed by atoms with Crippen molar-refractivity contribution in [3.05, 3.63) is 16.1 Å². The quantitative estimate of drug-likeness (QED) is 0.864. The fourth-order valence-electron chi connectivity index (χ4n) is 1.39. The molecule has 1 N–H and O–H groups in total. The van der Waals surface area contributed by atoms with Crippen LogP contribution >= 0.6 is 11.3 Å². The van der Waals surface area contributed by atoms with Gasteiger partial charge in [0.1, 0.15) is 0 Å². The largest absolute Gasteiger partial charge is 0.312 e. The zero-order valence-electron chi connectivity index (χ0n) is 12.0. The number of hydrogen-bond acceptors (Lipinski definition) is 3. The lowest BCUT2D eigenvalue weighted by atomic mass is 9.98. The molecule has 0 spiro atoms. The van der Waals surface area contributed by atoms with Crippen LogP contribution in [0.1, 0.15) is 51.4 Å². The molecule has 0 fully saturated rings. The molecule has 0 saturated carbocycles. The first-order valence-corrected chi connectivity index (χ1v) is 7.28. The summed E-state index contributed by atoms with van der Waals surface area (Å²) in [5.41, 5.74) is 0.175. The van der Waals surface area contributed by atoms with Crippen LogP contribution in [0.2, 0.25) is 0 Å².